The van der Waals surface area contributed by atoms with Crippen LogP contribution in [0.5, 0.6) is 0 Å². The molecule has 2 heterocycles. The fourth-order valence-corrected chi connectivity index (χ4v) is 4.04. The van der Waals surface area contributed by atoms with E-state index in [2.05, 4.69) is 0 Å². The maximum atomic E-state index is 5.78. The van der Waals surface area contributed by atoms with Crippen LogP contribution >= 0.6 is 0 Å². The Morgan fingerprint density at radius 1 is 0.562 bits per heavy atom. The van der Waals surface area contributed by atoms with Crippen LogP contribution in [0.15, 0.2) is 0 Å². The Morgan fingerprint density at radius 2 is 0.875 bits per heavy atom. The molecule has 16 heavy (non-hydrogen) atoms. The minimum Gasteiger partial charge on any atom is -0.348 e. The van der Waals surface area contributed by atoms with Crippen molar-refractivity contribution in [1.29, 1.82) is 0 Å². The molecule has 0 radical (unpaired) electrons. The third-order valence-electron chi connectivity index (χ3n) is 4.59. The maximum Gasteiger partial charge on any atom is 0.169 e. The molecular formula is C12H18O4. The summed E-state index contributed by atoms with van der Waals surface area (Å²) in [5.74, 6) is 0.845. The van der Waals surface area contributed by atoms with Gasteiger partial charge in [0.15, 0.2) is 11.6 Å². The molecule has 4 rings (SSSR count). The number of hydrogen-bond donors (Lipinski definition) is 0. The van der Waals surface area contributed by atoms with Crippen molar-refractivity contribution < 1.29 is 18.9 Å². The van der Waals surface area contributed by atoms with Crippen molar-refractivity contribution in [2.75, 3.05) is 26.4 Å². The molecule has 0 atom stereocenters. The van der Waals surface area contributed by atoms with Gasteiger partial charge in [0, 0.05) is 25.7 Å². The highest BCUT2D eigenvalue weighted by molar-refractivity contribution is 5.01. The third-order valence-corrected chi connectivity index (χ3v) is 4.59. The van der Waals surface area contributed by atoms with E-state index >= 15 is 0 Å². The molecule has 0 aromatic heterocycles. The second kappa shape index (κ2) is 3.19. The van der Waals surface area contributed by atoms with Gasteiger partial charge in [-0.05, 0) is 11.8 Å². The first-order chi connectivity index (χ1) is 7.79. The largest absolute Gasteiger partial charge is 0.348 e. The minimum atomic E-state index is -0.241. The van der Waals surface area contributed by atoms with Crippen molar-refractivity contribution in [3.63, 3.8) is 0 Å². The molecule has 4 aliphatic rings. The highest BCUT2D eigenvalue weighted by Crippen LogP contribution is 2.56. The molecule has 4 fully saturated rings. The average Bonchev–Trinajstić information content (AvgIpc) is 2.96. The van der Waals surface area contributed by atoms with E-state index in [1.165, 1.54) is 0 Å². The van der Waals surface area contributed by atoms with Crippen LogP contribution in [-0.2, 0) is 18.9 Å². The summed E-state index contributed by atoms with van der Waals surface area (Å²) in [6, 6.07) is 0. The predicted octanol–water partition coefficient (Wildman–Crippen LogP) is 1.29. The van der Waals surface area contributed by atoms with Crippen LogP contribution in [0.2, 0.25) is 0 Å². The van der Waals surface area contributed by atoms with Crippen LogP contribution in [0.4, 0.5) is 0 Å². The van der Waals surface area contributed by atoms with E-state index in [1.807, 2.05) is 0 Å². The first-order valence-electron chi connectivity index (χ1n) is 6.35. The summed E-state index contributed by atoms with van der Waals surface area (Å²) in [4.78, 5) is 0. The monoisotopic (exact) mass is 226 g/mol. The Kier molecular flexibility index (Phi) is 1.96. The fourth-order valence-electron chi connectivity index (χ4n) is 4.04. The molecule has 2 aliphatic heterocycles. The van der Waals surface area contributed by atoms with Crippen LogP contribution in [-0.4, -0.2) is 38.0 Å². The quantitative estimate of drug-likeness (QED) is 0.623. The normalized spacial score (nSPS) is 43.5. The van der Waals surface area contributed by atoms with Crippen LogP contribution in [0, 0.1) is 11.8 Å². The van der Waals surface area contributed by atoms with Crippen molar-refractivity contribution in [3.05, 3.63) is 0 Å². The zero-order chi connectivity index (χ0) is 10.6. The van der Waals surface area contributed by atoms with Crippen molar-refractivity contribution in [1.82, 2.24) is 0 Å². The van der Waals surface area contributed by atoms with Gasteiger partial charge in [0.25, 0.3) is 0 Å². The molecule has 0 aromatic rings. The smallest absolute Gasteiger partial charge is 0.169 e. The zero-order valence-corrected chi connectivity index (χ0v) is 9.44. The molecule has 2 saturated carbocycles. The van der Waals surface area contributed by atoms with Gasteiger partial charge in [-0.2, -0.15) is 0 Å². The maximum absolute atomic E-state index is 5.78. The fraction of sp³-hybridized carbons (Fsp3) is 1.00. The van der Waals surface area contributed by atoms with Crippen LogP contribution in [0.25, 0.3) is 0 Å². The van der Waals surface area contributed by atoms with E-state index in [0.717, 1.165) is 52.1 Å². The van der Waals surface area contributed by atoms with Gasteiger partial charge < -0.3 is 18.9 Å². The number of ether oxygens (including phenoxy) is 4. The molecule has 2 spiro atoms. The molecule has 0 N–H and O–H groups in total. The van der Waals surface area contributed by atoms with E-state index in [0.29, 0.717) is 11.8 Å². The molecule has 90 valence electrons. The first kappa shape index (κ1) is 9.83. The molecule has 0 bridgehead atoms. The summed E-state index contributed by atoms with van der Waals surface area (Å²) in [6.07, 6.45) is 4.14. The summed E-state index contributed by atoms with van der Waals surface area (Å²) in [7, 11) is 0. The predicted molar refractivity (Wildman–Crippen MR) is 54.7 cm³/mol. The number of rotatable bonds is 0. The van der Waals surface area contributed by atoms with E-state index < -0.39 is 0 Å². The Morgan fingerprint density at radius 3 is 1.19 bits per heavy atom. The molecule has 4 heteroatoms. The van der Waals surface area contributed by atoms with Crippen molar-refractivity contribution in [2.24, 2.45) is 11.8 Å². The lowest BCUT2D eigenvalue weighted by Gasteiger charge is -2.27. The second-order valence-electron chi connectivity index (χ2n) is 5.55. The molecule has 0 aromatic carbocycles. The molecule has 0 unspecified atom stereocenters. The SMILES string of the molecule is C1COC2(CC3CC4(CC3C2)OCCO4)O1. The molecule has 2 aliphatic carbocycles. The molecule has 4 nitrogen and oxygen atoms in total. The van der Waals surface area contributed by atoms with Gasteiger partial charge >= 0.3 is 0 Å². The van der Waals surface area contributed by atoms with Gasteiger partial charge in [0.2, 0.25) is 0 Å². The highest BCUT2D eigenvalue weighted by atomic mass is 16.7. The van der Waals surface area contributed by atoms with Crippen LogP contribution in [0.1, 0.15) is 25.7 Å². The van der Waals surface area contributed by atoms with Crippen molar-refractivity contribution in [2.45, 2.75) is 37.3 Å². The van der Waals surface area contributed by atoms with Crippen molar-refractivity contribution >= 4 is 0 Å². The summed E-state index contributed by atoms with van der Waals surface area (Å²) in [5, 5.41) is 0. The van der Waals surface area contributed by atoms with E-state index in [4.69, 9.17) is 18.9 Å². The minimum absolute atomic E-state index is 0.241. The van der Waals surface area contributed by atoms with E-state index in [-0.39, 0.29) is 11.6 Å². The van der Waals surface area contributed by atoms with Gasteiger partial charge in [-0.3, -0.25) is 0 Å². The van der Waals surface area contributed by atoms with Gasteiger partial charge in [0.05, 0.1) is 26.4 Å². The molecule has 0 amide bonds. The van der Waals surface area contributed by atoms with Crippen LogP contribution in [0.3, 0.4) is 0 Å². The summed E-state index contributed by atoms with van der Waals surface area (Å²) in [5.41, 5.74) is 0. The molecular weight excluding hydrogens is 208 g/mol. The lowest BCUT2D eigenvalue weighted by atomic mass is 10.0. The number of fused-ring (bicyclic) bond motifs is 1. The van der Waals surface area contributed by atoms with Gasteiger partial charge in [-0.15, -0.1) is 0 Å². The standard InChI is InChI=1S/C12H18O4/c1-2-14-11(13-1)5-9-7-12(8-10(9)6-11)15-3-4-16-12/h9-10H,1-8H2. The van der Waals surface area contributed by atoms with Gasteiger partial charge in [-0.25, -0.2) is 0 Å². The Balaban J connectivity index is 1.50. The highest BCUT2D eigenvalue weighted by Gasteiger charge is 2.58. The van der Waals surface area contributed by atoms with Gasteiger partial charge in [0.1, 0.15) is 0 Å². The number of hydrogen-bond acceptors (Lipinski definition) is 4. The van der Waals surface area contributed by atoms with Gasteiger partial charge in [-0.1, -0.05) is 0 Å². The van der Waals surface area contributed by atoms with E-state index in [1.54, 1.807) is 0 Å². The Bertz CT molecular complexity index is 245. The molecule has 2 saturated heterocycles. The topological polar surface area (TPSA) is 36.9 Å². The van der Waals surface area contributed by atoms with Crippen molar-refractivity contribution in [3.8, 4) is 0 Å². The lowest BCUT2D eigenvalue weighted by Crippen LogP contribution is -2.32. The summed E-state index contributed by atoms with van der Waals surface area (Å²) in [6.45, 7) is 3.05. The third kappa shape index (κ3) is 1.30. The van der Waals surface area contributed by atoms with E-state index in [9.17, 15) is 0 Å². The van der Waals surface area contributed by atoms with Crippen LogP contribution < -0.4 is 0 Å². The first-order valence-corrected chi connectivity index (χ1v) is 6.35. The summed E-state index contributed by atoms with van der Waals surface area (Å²) >= 11 is 0. The zero-order valence-electron chi connectivity index (χ0n) is 9.44. The second-order valence-corrected chi connectivity index (χ2v) is 5.55. The Hall–Kier alpha value is -0.160. The lowest BCUT2D eigenvalue weighted by molar-refractivity contribution is -0.180. The summed E-state index contributed by atoms with van der Waals surface area (Å²) < 4.78 is 23.1. The average molecular weight is 226 g/mol. The Labute approximate surface area is 95.2 Å².